The summed E-state index contributed by atoms with van der Waals surface area (Å²) in [5.74, 6) is -1.44. The lowest BCUT2D eigenvalue weighted by Crippen LogP contribution is -2.36. The molecule has 8 nitrogen and oxygen atoms in total. The van der Waals surface area contributed by atoms with Gasteiger partial charge in [-0.25, -0.2) is 9.65 Å². The first-order valence-electron chi connectivity index (χ1n) is 13.8. The number of carbonyl (C=O) groups excluding carboxylic acids is 2. The van der Waals surface area contributed by atoms with Gasteiger partial charge in [0.2, 0.25) is 5.91 Å². The number of amides is 1. The van der Waals surface area contributed by atoms with E-state index >= 15 is 0 Å². The largest absolute Gasteiger partial charge is 0.468 e. The summed E-state index contributed by atoms with van der Waals surface area (Å²) in [6.45, 7) is -0.502. The Bertz CT molecular complexity index is 1490. The number of methoxy groups -OCH3 is 1. The lowest BCUT2D eigenvalue weighted by atomic mass is 9.98. The van der Waals surface area contributed by atoms with E-state index in [2.05, 4.69) is 63.7 Å². The Labute approximate surface area is 244 Å². The highest BCUT2D eigenvalue weighted by atomic mass is 31.2. The molecule has 4 aromatic carbocycles. The summed E-state index contributed by atoms with van der Waals surface area (Å²) in [7, 11) is -2.77. The first-order valence-corrected chi connectivity index (χ1v) is 15.4. The first-order chi connectivity index (χ1) is 20.5. The molecule has 0 saturated carbocycles. The lowest BCUT2D eigenvalue weighted by molar-refractivity contribution is -0.141. The molecular formula is C33H31N2O6P. The topological polar surface area (TPSA) is 103 Å². The normalized spacial score (nSPS) is 13.6. The van der Waals surface area contributed by atoms with Crippen molar-refractivity contribution in [3.63, 3.8) is 0 Å². The van der Waals surface area contributed by atoms with E-state index in [0.29, 0.717) is 0 Å². The number of fused-ring (bicyclic) bond motifs is 6. The van der Waals surface area contributed by atoms with Crippen molar-refractivity contribution in [3.8, 4) is 22.3 Å². The minimum atomic E-state index is -4.01. The van der Waals surface area contributed by atoms with Crippen molar-refractivity contribution < 1.29 is 27.9 Å². The highest BCUT2D eigenvalue weighted by Crippen LogP contribution is 2.52. The molecule has 0 aliphatic heterocycles. The lowest BCUT2D eigenvalue weighted by Gasteiger charge is -2.24. The Morgan fingerprint density at radius 3 is 1.40 bits per heavy atom. The summed E-state index contributed by atoms with van der Waals surface area (Å²) in [5.41, 5.74) is 8.80. The van der Waals surface area contributed by atoms with E-state index < -0.39 is 19.6 Å². The van der Waals surface area contributed by atoms with Crippen LogP contribution < -0.4 is 10.4 Å². The van der Waals surface area contributed by atoms with Gasteiger partial charge in [-0.05, 0) is 44.5 Å². The van der Waals surface area contributed by atoms with Crippen LogP contribution in [0, 0.1) is 0 Å². The molecule has 0 saturated heterocycles. The van der Waals surface area contributed by atoms with Crippen LogP contribution in [-0.4, -0.2) is 45.3 Å². The van der Waals surface area contributed by atoms with Crippen molar-refractivity contribution in [1.29, 1.82) is 0 Å². The quantitative estimate of drug-likeness (QED) is 0.175. The second-order valence-corrected chi connectivity index (χ2v) is 12.1. The van der Waals surface area contributed by atoms with E-state index in [0.717, 1.165) is 44.5 Å². The highest BCUT2D eigenvalue weighted by Gasteiger charge is 2.35. The Morgan fingerprint density at radius 2 is 1.02 bits per heavy atom. The van der Waals surface area contributed by atoms with E-state index in [1.165, 1.54) is 7.11 Å². The number of carbonyl (C=O) groups is 2. The Kier molecular flexibility index (Phi) is 8.05. The molecule has 0 aromatic heterocycles. The maximum Gasteiger partial charge on any atom is 0.406 e. The van der Waals surface area contributed by atoms with Gasteiger partial charge in [0.1, 0.15) is 6.54 Å². The van der Waals surface area contributed by atoms with E-state index in [4.69, 9.17) is 9.05 Å². The van der Waals surface area contributed by atoms with Crippen molar-refractivity contribution in [3.05, 3.63) is 119 Å². The molecule has 0 atom stereocenters. The molecule has 2 aliphatic rings. The van der Waals surface area contributed by atoms with Crippen LogP contribution >= 0.6 is 7.75 Å². The molecule has 214 valence electrons. The SMILES string of the molecule is COC(=O)CNC(=O)CNP(=O)(OCC1c2ccccc2-c2ccccc21)OCC1c2ccccc2-c2ccccc21. The van der Waals surface area contributed by atoms with Gasteiger partial charge in [-0.15, -0.1) is 0 Å². The fraction of sp³-hybridized carbons (Fsp3) is 0.212. The number of ether oxygens (including phenoxy) is 1. The van der Waals surface area contributed by atoms with E-state index in [1.807, 2.05) is 48.5 Å². The highest BCUT2D eigenvalue weighted by molar-refractivity contribution is 7.51. The molecule has 9 heteroatoms. The summed E-state index contributed by atoms with van der Waals surface area (Å²) < 4.78 is 31.0. The molecule has 0 bridgehead atoms. The molecule has 1 amide bonds. The van der Waals surface area contributed by atoms with Gasteiger partial charge < -0.3 is 10.1 Å². The molecule has 0 spiro atoms. The number of esters is 1. The van der Waals surface area contributed by atoms with Crippen LogP contribution in [0.2, 0.25) is 0 Å². The third-order valence-electron chi connectivity index (χ3n) is 7.84. The van der Waals surface area contributed by atoms with Gasteiger partial charge in [0.05, 0.1) is 26.9 Å². The maximum absolute atomic E-state index is 14.2. The fourth-order valence-electron chi connectivity index (χ4n) is 5.83. The summed E-state index contributed by atoms with van der Waals surface area (Å²) in [6, 6.07) is 32.4. The first kappa shape index (κ1) is 28.1. The van der Waals surface area contributed by atoms with E-state index in [9.17, 15) is 14.2 Å². The third-order valence-corrected chi connectivity index (χ3v) is 9.36. The van der Waals surface area contributed by atoms with Crippen LogP contribution in [0.15, 0.2) is 97.1 Å². The predicted octanol–water partition coefficient (Wildman–Crippen LogP) is 5.63. The zero-order chi connectivity index (χ0) is 29.1. The van der Waals surface area contributed by atoms with Crippen molar-refractivity contribution in [2.24, 2.45) is 0 Å². The molecule has 42 heavy (non-hydrogen) atoms. The van der Waals surface area contributed by atoms with Crippen LogP contribution in [-0.2, 0) is 27.9 Å². The number of rotatable bonds is 11. The van der Waals surface area contributed by atoms with E-state index in [-0.39, 0.29) is 38.1 Å². The van der Waals surface area contributed by atoms with Gasteiger partial charge >= 0.3 is 13.7 Å². The van der Waals surface area contributed by atoms with Crippen LogP contribution in [0.25, 0.3) is 22.3 Å². The molecule has 0 heterocycles. The summed E-state index contributed by atoms with van der Waals surface area (Å²) in [6.07, 6.45) is 0. The Morgan fingerprint density at radius 1 is 0.643 bits per heavy atom. The molecule has 0 fully saturated rings. The molecule has 2 N–H and O–H groups in total. The van der Waals surface area contributed by atoms with Crippen molar-refractivity contribution in [1.82, 2.24) is 10.4 Å². The number of nitrogens with one attached hydrogen (secondary N) is 2. The van der Waals surface area contributed by atoms with Gasteiger partial charge in [-0.3, -0.25) is 18.6 Å². The predicted molar refractivity (Wildman–Crippen MR) is 160 cm³/mol. The van der Waals surface area contributed by atoms with Crippen LogP contribution in [0.3, 0.4) is 0 Å². The maximum atomic E-state index is 14.2. The van der Waals surface area contributed by atoms with Crippen molar-refractivity contribution in [2.75, 3.05) is 33.4 Å². The van der Waals surface area contributed by atoms with Crippen molar-refractivity contribution >= 4 is 19.6 Å². The monoisotopic (exact) mass is 582 g/mol. The van der Waals surface area contributed by atoms with Gasteiger partial charge in [-0.2, -0.15) is 0 Å². The fourth-order valence-corrected chi connectivity index (χ4v) is 7.11. The molecule has 0 radical (unpaired) electrons. The van der Waals surface area contributed by atoms with Gasteiger partial charge in [0, 0.05) is 11.8 Å². The number of benzene rings is 4. The van der Waals surface area contributed by atoms with Crippen LogP contribution in [0.4, 0.5) is 0 Å². The minimum absolute atomic E-state index is 0.0833. The number of hydrogen-bond donors (Lipinski definition) is 2. The molecule has 4 aromatic rings. The molecule has 2 aliphatic carbocycles. The molecule has 6 rings (SSSR count). The average Bonchev–Trinajstić information content (AvgIpc) is 3.53. The van der Waals surface area contributed by atoms with Gasteiger partial charge in [0.15, 0.2) is 0 Å². The summed E-state index contributed by atoms with van der Waals surface area (Å²) >= 11 is 0. The zero-order valence-corrected chi connectivity index (χ0v) is 24.0. The van der Waals surface area contributed by atoms with Crippen molar-refractivity contribution in [2.45, 2.75) is 11.8 Å². The standard InChI is InChI=1S/C33H31N2O6P/c1-39-33(37)19-34-32(36)18-35-42(38,40-20-30-26-14-6-2-10-22(26)23-11-3-7-15-27(23)30)41-21-31-28-16-8-4-12-24(28)25-13-5-9-17-29(25)31/h2-17,30-31H,18-21H2,1H3,(H,34,36)(H,35,38). The van der Waals surface area contributed by atoms with Gasteiger partial charge in [0.25, 0.3) is 0 Å². The molecular weight excluding hydrogens is 551 g/mol. The Balaban J connectivity index is 1.23. The molecule has 0 unspecified atom stereocenters. The summed E-state index contributed by atoms with van der Waals surface area (Å²) in [5, 5.41) is 5.17. The summed E-state index contributed by atoms with van der Waals surface area (Å²) in [4.78, 5) is 23.9. The zero-order valence-electron chi connectivity index (χ0n) is 23.1. The second kappa shape index (κ2) is 12.0. The third kappa shape index (κ3) is 5.54. The van der Waals surface area contributed by atoms with Crippen LogP contribution in [0.5, 0.6) is 0 Å². The minimum Gasteiger partial charge on any atom is -0.468 e. The smallest absolute Gasteiger partial charge is 0.406 e. The van der Waals surface area contributed by atoms with Crippen LogP contribution in [0.1, 0.15) is 34.1 Å². The second-order valence-electron chi connectivity index (χ2n) is 10.2. The Hall–Kier alpha value is -4.07. The average molecular weight is 583 g/mol. The number of hydrogen-bond acceptors (Lipinski definition) is 6. The van der Waals surface area contributed by atoms with E-state index in [1.54, 1.807) is 0 Å². The van der Waals surface area contributed by atoms with Gasteiger partial charge in [-0.1, -0.05) is 97.1 Å².